The summed E-state index contributed by atoms with van der Waals surface area (Å²) in [7, 11) is 0. The molecule has 104 valence electrons. The van der Waals surface area contributed by atoms with Crippen LogP contribution in [0.5, 0.6) is 0 Å². The first-order valence-electron chi connectivity index (χ1n) is 6.22. The van der Waals surface area contributed by atoms with Gasteiger partial charge in [-0.25, -0.2) is 4.39 Å². The molecule has 4 nitrogen and oxygen atoms in total. The molecular weight excluding hydrogens is 261 g/mol. The van der Waals surface area contributed by atoms with Crippen molar-refractivity contribution in [2.24, 2.45) is 0 Å². The summed E-state index contributed by atoms with van der Waals surface area (Å²) in [6.45, 7) is 0.639. The minimum absolute atomic E-state index is 0.0885. The van der Waals surface area contributed by atoms with E-state index in [9.17, 15) is 14.5 Å². The van der Waals surface area contributed by atoms with E-state index in [1.54, 1.807) is 0 Å². The number of rotatable bonds is 6. The van der Waals surface area contributed by atoms with E-state index in [1.807, 2.05) is 30.3 Å². The van der Waals surface area contributed by atoms with Gasteiger partial charge in [0.2, 0.25) is 0 Å². The maximum atomic E-state index is 13.6. The van der Waals surface area contributed by atoms with Crippen LogP contribution in [0.3, 0.4) is 0 Å². The van der Waals surface area contributed by atoms with Crippen molar-refractivity contribution in [2.45, 2.75) is 13.0 Å². The molecule has 2 aromatic carbocycles. The van der Waals surface area contributed by atoms with Gasteiger partial charge in [0.1, 0.15) is 5.82 Å². The molecule has 0 heterocycles. The van der Waals surface area contributed by atoms with E-state index >= 15 is 0 Å². The first-order valence-corrected chi connectivity index (χ1v) is 6.22. The molecule has 0 aliphatic heterocycles. The SMILES string of the molecule is O=[N+]([O-])c1cccc(F)c1CCOCc1ccccc1. The number of ether oxygens (including phenoxy) is 1. The van der Waals surface area contributed by atoms with Crippen molar-refractivity contribution in [3.8, 4) is 0 Å². The zero-order valence-corrected chi connectivity index (χ0v) is 10.8. The quantitative estimate of drug-likeness (QED) is 0.460. The molecule has 0 aromatic heterocycles. The molecule has 0 amide bonds. The Bertz CT molecular complexity index is 587. The van der Waals surface area contributed by atoms with Crippen molar-refractivity contribution < 1.29 is 14.1 Å². The first kappa shape index (κ1) is 14.1. The standard InChI is InChI=1S/C15H14FNO3/c16-14-7-4-8-15(17(18)19)13(14)9-10-20-11-12-5-2-1-3-6-12/h1-8H,9-11H2. The van der Waals surface area contributed by atoms with Gasteiger partial charge in [-0.05, 0) is 11.6 Å². The fourth-order valence-electron chi connectivity index (χ4n) is 1.90. The van der Waals surface area contributed by atoms with Crippen LogP contribution in [0.25, 0.3) is 0 Å². The van der Waals surface area contributed by atoms with E-state index in [0.717, 1.165) is 5.56 Å². The van der Waals surface area contributed by atoms with Crippen LogP contribution < -0.4 is 0 Å². The molecule has 2 rings (SSSR count). The topological polar surface area (TPSA) is 52.4 Å². The number of nitro groups is 1. The van der Waals surface area contributed by atoms with Gasteiger partial charge in [-0.3, -0.25) is 10.1 Å². The third kappa shape index (κ3) is 3.61. The normalized spacial score (nSPS) is 10.4. The number of benzene rings is 2. The number of hydrogen-bond acceptors (Lipinski definition) is 3. The maximum Gasteiger partial charge on any atom is 0.275 e. The monoisotopic (exact) mass is 275 g/mol. The summed E-state index contributed by atoms with van der Waals surface area (Å²) in [5, 5.41) is 10.8. The molecule has 5 heteroatoms. The Morgan fingerprint density at radius 1 is 1.10 bits per heavy atom. The second kappa shape index (κ2) is 6.77. The molecule has 0 unspecified atom stereocenters. The molecule has 0 N–H and O–H groups in total. The molecule has 2 aromatic rings. The molecule has 0 spiro atoms. The average molecular weight is 275 g/mol. The first-order chi connectivity index (χ1) is 9.68. The smallest absolute Gasteiger partial charge is 0.275 e. The molecular formula is C15H14FNO3. The van der Waals surface area contributed by atoms with Crippen molar-refractivity contribution in [1.82, 2.24) is 0 Å². The number of nitrogens with zero attached hydrogens (tertiary/aromatic N) is 1. The van der Waals surface area contributed by atoms with Crippen molar-refractivity contribution in [1.29, 1.82) is 0 Å². The van der Waals surface area contributed by atoms with Gasteiger partial charge < -0.3 is 4.74 Å². The van der Waals surface area contributed by atoms with Crippen LogP contribution in [0.15, 0.2) is 48.5 Å². The van der Waals surface area contributed by atoms with Crippen molar-refractivity contribution in [2.75, 3.05) is 6.61 Å². The second-order valence-electron chi connectivity index (χ2n) is 4.28. The van der Waals surface area contributed by atoms with Gasteiger partial charge in [-0.2, -0.15) is 0 Å². The summed E-state index contributed by atoms with van der Waals surface area (Å²) >= 11 is 0. The van der Waals surface area contributed by atoms with E-state index in [2.05, 4.69) is 0 Å². The Balaban J connectivity index is 1.93. The number of hydrogen-bond donors (Lipinski definition) is 0. The van der Waals surface area contributed by atoms with Gasteiger partial charge in [-0.15, -0.1) is 0 Å². The Morgan fingerprint density at radius 3 is 2.55 bits per heavy atom. The lowest BCUT2D eigenvalue weighted by Gasteiger charge is -2.06. The Morgan fingerprint density at radius 2 is 1.85 bits per heavy atom. The third-order valence-electron chi connectivity index (χ3n) is 2.90. The van der Waals surface area contributed by atoms with E-state index < -0.39 is 10.7 Å². The summed E-state index contributed by atoms with van der Waals surface area (Å²) in [6.07, 6.45) is 0.176. The van der Waals surface area contributed by atoms with E-state index in [-0.39, 0.29) is 24.3 Å². The highest BCUT2D eigenvalue weighted by Gasteiger charge is 2.17. The van der Waals surface area contributed by atoms with Crippen LogP contribution in [-0.4, -0.2) is 11.5 Å². The fraction of sp³-hybridized carbons (Fsp3) is 0.200. The van der Waals surface area contributed by atoms with Crippen molar-refractivity contribution >= 4 is 5.69 Å². The van der Waals surface area contributed by atoms with Crippen LogP contribution >= 0.6 is 0 Å². The Hall–Kier alpha value is -2.27. The highest BCUT2D eigenvalue weighted by atomic mass is 19.1. The molecule has 0 aliphatic carbocycles. The van der Waals surface area contributed by atoms with Gasteiger partial charge in [-0.1, -0.05) is 36.4 Å². The van der Waals surface area contributed by atoms with Crippen LogP contribution in [-0.2, 0) is 17.8 Å². The van der Waals surface area contributed by atoms with Crippen molar-refractivity contribution in [3.63, 3.8) is 0 Å². The maximum absolute atomic E-state index is 13.6. The largest absolute Gasteiger partial charge is 0.376 e. The second-order valence-corrected chi connectivity index (χ2v) is 4.28. The molecule has 0 bridgehead atoms. The van der Waals surface area contributed by atoms with Crippen LogP contribution in [0.4, 0.5) is 10.1 Å². The van der Waals surface area contributed by atoms with Gasteiger partial charge in [0, 0.05) is 12.5 Å². The van der Waals surface area contributed by atoms with E-state index in [0.29, 0.717) is 6.61 Å². The minimum atomic E-state index is -0.574. The molecule has 0 aliphatic rings. The number of halogens is 1. The van der Waals surface area contributed by atoms with Gasteiger partial charge >= 0.3 is 0 Å². The summed E-state index contributed by atoms with van der Waals surface area (Å²) in [5.41, 5.74) is 0.898. The van der Waals surface area contributed by atoms with E-state index in [4.69, 9.17) is 4.74 Å². The van der Waals surface area contributed by atoms with Gasteiger partial charge in [0.25, 0.3) is 5.69 Å². The lowest BCUT2D eigenvalue weighted by Crippen LogP contribution is -2.04. The lowest BCUT2D eigenvalue weighted by molar-refractivity contribution is -0.385. The fourth-order valence-corrected chi connectivity index (χ4v) is 1.90. The number of nitro benzene ring substituents is 1. The van der Waals surface area contributed by atoms with Crippen LogP contribution in [0.2, 0.25) is 0 Å². The highest BCUT2D eigenvalue weighted by molar-refractivity contribution is 5.41. The molecule has 0 fully saturated rings. The highest BCUT2D eigenvalue weighted by Crippen LogP contribution is 2.21. The van der Waals surface area contributed by atoms with Crippen molar-refractivity contribution in [3.05, 3.63) is 75.6 Å². The van der Waals surface area contributed by atoms with Crippen LogP contribution in [0.1, 0.15) is 11.1 Å². The molecule has 0 atom stereocenters. The molecule has 0 saturated heterocycles. The van der Waals surface area contributed by atoms with Gasteiger partial charge in [0.15, 0.2) is 0 Å². The predicted octanol–water partition coefficient (Wildman–Crippen LogP) is 3.49. The minimum Gasteiger partial charge on any atom is -0.376 e. The summed E-state index contributed by atoms with van der Waals surface area (Å²) < 4.78 is 19.0. The van der Waals surface area contributed by atoms with E-state index in [1.165, 1.54) is 18.2 Å². The predicted molar refractivity (Wildman–Crippen MR) is 72.9 cm³/mol. The summed E-state index contributed by atoms with van der Waals surface area (Å²) in [5.74, 6) is -0.567. The third-order valence-corrected chi connectivity index (χ3v) is 2.90. The Kier molecular flexibility index (Phi) is 4.79. The Labute approximate surface area is 116 Å². The lowest BCUT2D eigenvalue weighted by atomic mass is 10.1. The summed E-state index contributed by atoms with van der Waals surface area (Å²) in [6, 6.07) is 13.4. The molecule has 20 heavy (non-hydrogen) atoms. The average Bonchev–Trinajstić information content (AvgIpc) is 2.45. The zero-order valence-electron chi connectivity index (χ0n) is 10.8. The zero-order chi connectivity index (χ0) is 14.4. The van der Waals surface area contributed by atoms with Crippen LogP contribution in [0, 0.1) is 15.9 Å². The summed E-state index contributed by atoms with van der Waals surface area (Å²) in [4.78, 5) is 10.3. The molecule has 0 radical (unpaired) electrons. The van der Waals surface area contributed by atoms with Gasteiger partial charge in [0.05, 0.1) is 23.7 Å². The molecule has 0 saturated carbocycles.